The van der Waals surface area contributed by atoms with Crippen LogP contribution in [0.4, 0.5) is 5.82 Å². The molecular formula is C14H22N2O. The van der Waals surface area contributed by atoms with Crippen LogP contribution in [0.15, 0.2) is 18.3 Å². The fourth-order valence-corrected chi connectivity index (χ4v) is 2.60. The summed E-state index contributed by atoms with van der Waals surface area (Å²) in [5.41, 5.74) is 1.18. The van der Waals surface area contributed by atoms with Gasteiger partial charge in [0.05, 0.1) is 0 Å². The van der Waals surface area contributed by atoms with E-state index < -0.39 is 0 Å². The molecule has 0 bridgehead atoms. The molecule has 0 spiro atoms. The highest BCUT2D eigenvalue weighted by Gasteiger charge is 2.24. The lowest BCUT2D eigenvalue weighted by Gasteiger charge is -2.30. The number of aliphatic hydroxyl groups is 1. The third-order valence-electron chi connectivity index (χ3n) is 3.76. The molecule has 0 saturated heterocycles. The van der Waals surface area contributed by atoms with Crippen LogP contribution in [0.25, 0.3) is 0 Å². The van der Waals surface area contributed by atoms with Crippen LogP contribution >= 0.6 is 0 Å². The van der Waals surface area contributed by atoms with Gasteiger partial charge in [-0.1, -0.05) is 18.9 Å². The molecule has 1 aromatic heterocycles. The second-order valence-electron chi connectivity index (χ2n) is 5.09. The zero-order valence-electron chi connectivity index (χ0n) is 10.5. The van der Waals surface area contributed by atoms with Gasteiger partial charge in [-0.25, -0.2) is 4.98 Å². The van der Waals surface area contributed by atoms with Crippen molar-refractivity contribution in [3.05, 3.63) is 23.9 Å². The van der Waals surface area contributed by atoms with Gasteiger partial charge in [-0.2, -0.15) is 0 Å². The van der Waals surface area contributed by atoms with Gasteiger partial charge in [0.2, 0.25) is 0 Å². The van der Waals surface area contributed by atoms with Crippen molar-refractivity contribution < 1.29 is 5.11 Å². The van der Waals surface area contributed by atoms with Crippen molar-refractivity contribution >= 4 is 5.82 Å². The number of anilines is 1. The summed E-state index contributed by atoms with van der Waals surface area (Å²) in [6, 6.07) is 4.09. The Labute approximate surface area is 103 Å². The first-order valence-corrected chi connectivity index (χ1v) is 6.57. The molecule has 94 valence electrons. The fourth-order valence-electron chi connectivity index (χ4n) is 2.60. The first kappa shape index (κ1) is 12.4. The summed E-state index contributed by atoms with van der Waals surface area (Å²) in [6.45, 7) is 3.30. The zero-order valence-corrected chi connectivity index (χ0v) is 10.5. The summed E-state index contributed by atoms with van der Waals surface area (Å²) in [5.74, 6) is 2.01. The van der Waals surface area contributed by atoms with Crippen LogP contribution in [0.5, 0.6) is 0 Å². The van der Waals surface area contributed by atoms with E-state index in [1.807, 2.05) is 19.2 Å². The molecule has 0 aromatic carbocycles. The Kier molecular flexibility index (Phi) is 4.37. The van der Waals surface area contributed by atoms with Gasteiger partial charge in [0.25, 0.3) is 0 Å². The lowest BCUT2D eigenvalue weighted by Crippen LogP contribution is -2.28. The summed E-state index contributed by atoms with van der Waals surface area (Å²) in [5, 5.41) is 12.7. The highest BCUT2D eigenvalue weighted by atomic mass is 16.3. The molecule has 2 atom stereocenters. The molecule has 1 aromatic rings. The first-order chi connectivity index (χ1) is 8.29. The maximum absolute atomic E-state index is 9.35. The molecule has 1 saturated carbocycles. The number of rotatable bonds is 4. The standard InChI is InChI=1S/C14H22N2O/c1-11-6-7-14(15-8-11)16-9-12-4-2-3-5-13(12)10-17/h6-8,12-13,17H,2-5,9-10H2,1H3,(H,15,16). The van der Waals surface area contributed by atoms with E-state index in [9.17, 15) is 5.11 Å². The second-order valence-corrected chi connectivity index (χ2v) is 5.09. The van der Waals surface area contributed by atoms with Crippen LogP contribution in [0.3, 0.4) is 0 Å². The molecule has 1 aliphatic rings. The van der Waals surface area contributed by atoms with E-state index in [4.69, 9.17) is 0 Å². The van der Waals surface area contributed by atoms with Crippen LogP contribution in [-0.4, -0.2) is 23.2 Å². The summed E-state index contributed by atoms with van der Waals surface area (Å²) in [4.78, 5) is 4.34. The monoisotopic (exact) mass is 234 g/mol. The number of pyridine rings is 1. The highest BCUT2D eigenvalue weighted by Crippen LogP contribution is 2.29. The molecule has 17 heavy (non-hydrogen) atoms. The molecule has 2 rings (SSSR count). The van der Waals surface area contributed by atoms with E-state index in [1.54, 1.807) is 0 Å². The van der Waals surface area contributed by atoms with Gasteiger partial charge in [0.1, 0.15) is 5.82 Å². The molecule has 1 heterocycles. The van der Waals surface area contributed by atoms with Gasteiger partial charge in [0, 0.05) is 19.3 Å². The minimum atomic E-state index is 0.327. The predicted molar refractivity (Wildman–Crippen MR) is 70.0 cm³/mol. The van der Waals surface area contributed by atoms with Crippen molar-refractivity contribution in [2.24, 2.45) is 11.8 Å². The van der Waals surface area contributed by atoms with Gasteiger partial charge >= 0.3 is 0 Å². The van der Waals surface area contributed by atoms with E-state index in [-0.39, 0.29) is 0 Å². The zero-order chi connectivity index (χ0) is 12.1. The number of nitrogens with one attached hydrogen (secondary N) is 1. The third kappa shape index (κ3) is 3.43. The number of hydrogen-bond donors (Lipinski definition) is 2. The number of aliphatic hydroxyl groups excluding tert-OH is 1. The summed E-state index contributed by atoms with van der Waals surface area (Å²) in [6.07, 6.45) is 6.84. The second kappa shape index (κ2) is 6.01. The van der Waals surface area contributed by atoms with Crippen molar-refractivity contribution in [1.82, 2.24) is 4.98 Å². The molecule has 3 nitrogen and oxygen atoms in total. The normalized spacial score (nSPS) is 24.6. The Morgan fingerprint density at radius 3 is 2.71 bits per heavy atom. The van der Waals surface area contributed by atoms with Gasteiger partial charge in [-0.15, -0.1) is 0 Å². The largest absolute Gasteiger partial charge is 0.396 e. The topological polar surface area (TPSA) is 45.1 Å². The van der Waals surface area contributed by atoms with Gasteiger partial charge in [0.15, 0.2) is 0 Å². The summed E-state index contributed by atoms with van der Waals surface area (Å²) < 4.78 is 0. The smallest absolute Gasteiger partial charge is 0.125 e. The van der Waals surface area contributed by atoms with Crippen molar-refractivity contribution in [2.75, 3.05) is 18.5 Å². The van der Waals surface area contributed by atoms with E-state index >= 15 is 0 Å². The molecule has 1 aliphatic carbocycles. The van der Waals surface area contributed by atoms with Crippen molar-refractivity contribution in [3.63, 3.8) is 0 Å². The Morgan fingerprint density at radius 2 is 2.06 bits per heavy atom. The Bertz CT molecular complexity index is 337. The van der Waals surface area contributed by atoms with Crippen molar-refractivity contribution in [3.8, 4) is 0 Å². The van der Waals surface area contributed by atoms with Gasteiger partial charge < -0.3 is 10.4 Å². The lowest BCUT2D eigenvalue weighted by atomic mass is 9.79. The number of aromatic nitrogens is 1. The lowest BCUT2D eigenvalue weighted by molar-refractivity contribution is 0.141. The molecule has 2 N–H and O–H groups in total. The molecule has 0 aliphatic heterocycles. The van der Waals surface area contributed by atoms with E-state index in [0.717, 1.165) is 12.4 Å². The van der Waals surface area contributed by atoms with Crippen molar-refractivity contribution in [1.29, 1.82) is 0 Å². The average Bonchev–Trinajstić information content (AvgIpc) is 2.38. The number of nitrogens with zero attached hydrogens (tertiary/aromatic N) is 1. The predicted octanol–water partition coefficient (Wildman–Crippen LogP) is 2.60. The maximum atomic E-state index is 9.35. The molecule has 0 radical (unpaired) electrons. The Morgan fingerprint density at radius 1 is 1.29 bits per heavy atom. The number of hydrogen-bond acceptors (Lipinski definition) is 3. The third-order valence-corrected chi connectivity index (χ3v) is 3.76. The van der Waals surface area contributed by atoms with Crippen LogP contribution in [0.1, 0.15) is 31.2 Å². The summed E-state index contributed by atoms with van der Waals surface area (Å²) in [7, 11) is 0. The van der Waals surface area contributed by atoms with E-state index in [2.05, 4.69) is 16.4 Å². The Balaban J connectivity index is 1.86. The van der Waals surface area contributed by atoms with Crippen LogP contribution in [0, 0.1) is 18.8 Å². The maximum Gasteiger partial charge on any atom is 0.125 e. The first-order valence-electron chi connectivity index (χ1n) is 6.57. The van der Waals surface area contributed by atoms with Gasteiger partial charge in [-0.3, -0.25) is 0 Å². The molecule has 2 unspecified atom stereocenters. The Hall–Kier alpha value is -1.09. The van der Waals surface area contributed by atoms with E-state index in [0.29, 0.717) is 18.4 Å². The quantitative estimate of drug-likeness (QED) is 0.841. The van der Waals surface area contributed by atoms with Crippen LogP contribution < -0.4 is 5.32 Å². The van der Waals surface area contributed by atoms with Crippen LogP contribution in [-0.2, 0) is 0 Å². The van der Waals surface area contributed by atoms with Crippen LogP contribution in [0.2, 0.25) is 0 Å². The minimum absolute atomic E-state index is 0.327. The number of aryl methyl sites for hydroxylation is 1. The average molecular weight is 234 g/mol. The molecule has 1 fully saturated rings. The highest BCUT2D eigenvalue weighted by molar-refractivity contribution is 5.35. The molecule has 0 amide bonds. The minimum Gasteiger partial charge on any atom is -0.396 e. The van der Waals surface area contributed by atoms with E-state index in [1.165, 1.54) is 31.2 Å². The summed E-state index contributed by atoms with van der Waals surface area (Å²) >= 11 is 0. The fraction of sp³-hybridized carbons (Fsp3) is 0.643. The SMILES string of the molecule is Cc1ccc(NCC2CCCCC2CO)nc1. The molecular weight excluding hydrogens is 212 g/mol. The van der Waals surface area contributed by atoms with Gasteiger partial charge in [-0.05, 0) is 43.2 Å². The molecule has 3 heteroatoms. The van der Waals surface area contributed by atoms with Crippen molar-refractivity contribution in [2.45, 2.75) is 32.6 Å².